The van der Waals surface area contributed by atoms with Crippen molar-refractivity contribution in [3.05, 3.63) is 47.8 Å². The molecule has 0 heterocycles. The van der Waals surface area contributed by atoms with E-state index in [-0.39, 0.29) is 23.6 Å². The molecule has 0 aliphatic rings. The zero-order valence-corrected chi connectivity index (χ0v) is 15.1. The first-order valence-electron chi connectivity index (χ1n) is 8.53. The van der Waals surface area contributed by atoms with Gasteiger partial charge in [-0.15, -0.1) is 0 Å². The summed E-state index contributed by atoms with van der Waals surface area (Å²) in [4.78, 5) is 16.8. The quantitative estimate of drug-likeness (QED) is 0.365. The summed E-state index contributed by atoms with van der Waals surface area (Å²) >= 11 is 0. The lowest BCUT2D eigenvalue weighted by Gasteiger charge is -2.25. The molecule has 1 rings (SSSR count). The number of halogens is 1. The minimum Gasteiger partial charge on any atom is -0.469 e. The Bertz CT molecular complexity index is 564. The number of aliphatic imine (C=N–C) groups is 1. The first-order valence-corrected chi connectivity index (χ1v) is 8.53. The highest BCUT2D eigenvalue weighted by Gasteiger charge is 2.29. The van der Waals surface area contributed by atoms with E-state index < -0.39 is 0 Å². The molecule has 132 valence electrons. The fraction of sp³-hybridized carbons (Fsp3) is 0.500. The van der Waals surface area contributed by atoms with Gasteiger partial charge < -0.3 is 4.74 Å². The zero-order valence-electron chi connectivity index (χ0n) is 15.1. The van der Waals surface area contributed by atoms with Crippen LogP contribution in [0.5, 0.6) is 0 Å². The van der Waals surface area contributed by atoms with Crippen LogP contribution in [0.25, 0.3) is 0 Å². The standard InChI is InChI=1S/C20H28FNO2/c1-5-8-13-22-17(6-2)14-19(18(7-3)20(23)24-4)15-9-11-16(21)12-10-15/h5,8-12,18-19H,6-7,13-14H2,1-4H3/b8-5+,22-17+. The number of carbonyl (C=O) groups excluding carboxylic acids is 1. The van der Waals surface area contributed by atoms with Gasteiger partial charge in [0.25, 0.3) is 0 Å². The fourth-order valence-corrected chi connectivity index (χ4v) is 2.83. The molecule has 2 atom stereocenters. The number of benzene rings is 1. The second-order valence-corrected chi connectivity index (χ2v) is 5.73. The van der Waals surface area contributed by atoms with Gasteiger partial charge in [0, 0.05) is 11.6 Å². The first kappa shape index (κ1) is 20.1. The maximum Gasteiger partial charge on any atom is 0.309 e. The Balaban J connectivity index is 3.14. The number of carbonyl (C=O) groups is 1. The second-order valence-electron chi connectivity index (χ2n) is 5.73. The third-order valence-electron chi connectivity index (χ3n) is 4.25. The number of esters is 1. The third-order valence-corrected chi connectivity index (χ3v) is 4.25. The van der Waals surface area contributed by atoms with Gasteiger partial charge in [0.2, 0.25) is 0 Å². The number of methoxy groups -OCH3 is 1. The van der Waals surface area contributed by atoms with Crippen LogP contribution in [-0.2, 0) is 9.53 Å². The highest BCUT2D eigenvalue weighted by molar-refractivity contribution is 5.86. The van der Waals surface area contributed by atoms with E-state index in [1.807, 2.05) is 26.0 Å². The van der Waals surface area contributed by atoms with Crippen molar-refractivity contribution >= 4 is 11.7 Å². The number of rotatable bonds is 9. The molecule has 0 amide bonds. The minimum atomic E-state index is -0.277. The molecule has 0 aliphatic heterocycles. The second kappa shape index (κ2) is 10.7. The topological polar surface area (TPSA) is 38.7 Å². The highest BCUT2D eigenvalue weighted by Crippen LogP contribution is 2.32. The van der Waals surface area contributed by atoms with Crippen molar-refractivity contribution in [2.24, 2.45) is 10.9 Å². The van der Waals surface area contributed by atoms with Crippen LogP contribution < -0.4 is 0 Å². The summed E-state index contributed by atoms with van der Waals surface area (Å²) in [6, 6.07) is 6.39. The Morgan fingerprint density at radius 2 is 1.96 bits per heavy atom. The maximum absolute atomic E-state index is 13.3. The summed E-state index contributed by atoms with van der Waals surface area (Å²) in [6.07, 6.45) is 6.14. The normalized spacial score (nSPS) is 14.6. The summed E-state index contributed by atoms with van der Waals surface area (Å²) < 4.78 is 18.2. The molecule has 0 saturated carbocycles. The van der Waals surface area contributed by atoms with E-state index in [0.717, 1.165) is 17.7 Å². The molecule has 0 bridgehead atoms. The van der Waals surface area contributed by atoms with Gasteiger partial charge >= 0.3 is 5.97 Å². The summed E-state index contributed by atoms with van der Waals surface area (Å²) in [7, 11) is 1.41. The monoisotopic (exact) mass is 333 g/mol. The maximum atomic E-state index is 13.3. The molecule has 0 N–H and O–H groups in total. The summed E-state index contributed by atoms with van der Waals surface area (Å²) in [6.45, 7) is 6.65. The lowest BCUT2D eigenvalue weighted by atomic mass is 9.80. The Labute approximate surface area is 144 Å². The van der Waals surface area contributed by atoms with Crippen LogP contribution in [0.3, 0.4) is 0 Å². The molecular weight excluding hydrogens is 305 g/mol. The summed E-state index contributed by atoms with van der Waals surface area (Å²) in [5.41, 5.74) is 2.01. The van der Waals surface area contributed by atoms with Crippen LogP contribution in [-0.4, -0.2) is 25.3 Å². The molecule has 4 heteroatoms. The van der Waals surface area contributed by atoms with Crippen molar-refractivity contribution in [2.45, 2.75) is 46.0 Å². The number of hydrogen-bond acceptors (Lipinski definition) is 3. The van der Waals surface area contributed by atoms with E-state index in [1.165, 1.54) is 19.2 Å². The van der Waals surface area contributed by atoms with Crippen LogP contribution in [0, 0.1) is 11.7 Å². The van der Waals surface area contributed by atoms with E-state index >= 15 is 0 Å². The van der Waals surface area contributed by atoms with Gasteiger partial charge in [0.05, 0.1) is 19.6 Å². The molecule has 0 saturated heterocycles. The van der Waals surface area contributed by atoms with Crippen LogP contribution >= 0.6 is 0 Å². The lowest BCUT2D eigenvalue weighted by molar-refractivity contribution is -0.146. The Morgan fingerprint density at radius 1 is 1.29 bits per heavy atom. The predicted molar refractivity (Wildman–Crippen MR) is 97.0 cm³/mol. The third kappa shape index (κ3) is 5.91. The summed E-state index contributed by atoms with van der Waals surface area (Å²) in [5.74, 6) is -0.830. The molecule has 0 spiro atoms. The minimum absolute atomic E-state index is 0.0626. The molecule has 2 unspecified atom stereocenters. The SMILES string of the molecule is C/C=C/C/N=C(\CC)CC(c1ccc(F)cc1)C(CC)C(=O)OC. The molecule has 0 aliphatic carbocycles. The van der Waals surface area contributed by atoms with E-state index in [4.69, 9.17) is 4.74 Å². The van der Waals surface area contributed by atoms with Gasteiger partial charge in [-0.2, -0.15) is 0 Å². The number of allylic oxidation sites excluding steroid dienone is 1. The van der Waals surface area contributed by atoms with Crippen molar-refractivity contribution < 1.29 is 13.9 Å². The van der Waals surface area contributed by atoms with Gasteiger partial charge in [-0.3, -0.25) is 9.79 Å². The zero-order chi connectivity index (χ0) is 17.9. The number of ether oxygens (including phenoxy) is 1. The van der Waals surface area contributed by atoms with Gasteiger partial charge in [0.1, 0.15) is 5.82 Å². The first-order chi connectivity index (χ1) is 11.6. The van der Waals surface area contributed by atoms with Gasteiger partial charge in [-0.25, -0.2) is 4.39 Å². The average Bonchev–Trinajstić information content (AvgIpc) is 2.60. The molecule has 1 aromatic carbocycles. The number of nitrogens with zero attached hydrogens (tertiary/aromatic N) is 1. The van der Waals surface area contributed by atoms with Crippen molar-refractivity contribution in [1.29, 1.82) is 0 Å². The molecule has 24 heavy (non-hydrogen) atoms. The molecular formula is C20H28FNO2. The number of hydrogen-bond donors (Lipinski definition) is 0. The highest BCUT2D eigenvalue weighted by atomic mass is 19.1. The van der Waals surface area contributed by atoms with Gasteiger partial charge in [-0.05, 0) is 43.9 Å². The van der Waals surface area contributed by atoms with Crippen LogP contribution in [0.2, 0.25) is 0 Å². The van der Waals surface area contributed by atoms with Crippen LogP contribution in [0.15, 0.2) is 41.4 Å². The van der Waals surface area contributed by atoms with Crippen LogP contribution in [0.1, 0.15) is 51.5 Å². The van der Waals surface area contributed by atoms with Crippen molar-refractivity contribution in [2.75, 3.05) is 13.7 Å². The van der Waals surface area contributed by atoms with Gasteiger partial charge in [0.15, 0.2) is 0 Å². The Hall–Kier alpha value is -1.97. The lowest BCUT2D eigenvalue weighted by Crippen LogP contribution is -2.25. The molecule has 3 nitrogen and oxygen atoms in total. The molecule has 0 radical (unpaired) electrons. The Kier molecular flexibility index (Phi) is 8.98. The van der Waals surface area contributed by atoms with Crippen molar-refractivity contribution in [3.8, 4) is 0 Å². The smallest absolute Gasteiger partial charge is 0.309 e. The molecule has 1 aromatic rings. The van der Waals surface area contributed by atoms with E-state index in [0.29, 0.717) is 19.4 Å². The average molecular weight is 333 g/mol. The van der Waals surface area contributed by atoms with E-state index in [1.54, 1.807) is 12.1 Å². The van der Waals surface area contributed by atoms with E-state index in [2.05, 4.69) is 11.9 Å². The van der Waals surface area contributed by atoms with E-state index in [9.17, 15) is 9.18 Å². The fourth-order valence-electron chi connectivity index (χ4n) is 2.83. The summed E-state index contributed by atoms with van der Waals surface area (Å²) in [5, 5.41) is 0. The molecule has 0 aromatic heterocycles. The van der Waals surface area contributed by atoms with Crippen molar-refractivity contribution in [1.82, 2.24) is 0 Å². The molecule has 0 fully saturated rings. The largest absolute Gasteiger partial charge is 0.469 e. The van der Waals surface area contributed by atoms with Gasteiger partial charge in [-0.1, -0.05) is 38.1 Å². The van der Waals surface area contributed by atoms with Crippen molar-refractivity contribution in [3.63, 3.8) is 0 Å². The Morgan fingerprint density at radius 3 is 2.46 bits per heavy atom. The predicted octanol–water partition coefficient (Wildman–Crippen LogP) is 4.93. The van der Waals surface area contributed by atoms with Crippen LogP contribution in [0.4, 0.5) is 4.39 Å².